The SMILES string of the molecule is O=C(Oc1ccc2ccccc2c1/C=N/NC(=O)c1ccccc1OCc1ccccc1)c1ccccc1Cl. The minimum Gasteiger partial charge on any atom is -0.488 e. The summed E-state index contributed by atoms with van der Waals surface area (Å²) in [6, 6.07) is 34.5. The first-order valence-corrected chi connectivity index (χ1v) is 12.6. The lowest BCUT2D eigenvalue weighted by molar-refractivity contribution is 0.0734. The molecule has 0 radical (unpaired) electrons. The van der Waals surface area contributed by atoms with Crippen LogP contribution in [0, 0.1) is 0 Å². The van der Waals surface area contributed by atoms with Crippen molar-refractivity contribution in [3.05, 3.63) is 143 Å². The molecule has 1 N–H and O–H groups in total. The van der Waals surface area contributed by atoms with Gasteiger partial charge in [0.1, 0.15) is 18.1 Å². The molecule has 0 saturated heterocycles. The first-order chi connectivity index (χ1) is 19.1. The molecule has 5 rings (SSSR count). The van der Waals surface area contributed by atoms with E-state index < -0.39 is 11.9 Å². The number of nitrogens with one attached hydrogen (secondary N) is 1. The lowest BCUT2D eigenvalue weighted by Crippen LogP contribution is -2.19. The number of benzene rings is 5. The maximum atomic E-state index is 13.0. The molecule has 6 nitrogen and oxygen atoms in total. The Bertz CT molecular complexity index is 1670. The predicted octanol–water partition coefficient (Wildman–Crippen LogP) is 7.06. The first kappa shape index (κ1) is 25.7. The summed E-state index contributed by atoms with van der Waals surface area (Å²) in [7, 11) is 0. The van der Waals surface area contributed by atoms with Crippen molar-refractivity contribution >= 4 is 40.5 Å². The summed E-state index contributed by atoms with van der Waals surface area (Å²) in [5.41, 5.74) is 4.67. The zero-order chi connectivity index (χ0) is 27.0. The molecule has 0 aliphatic heterocycles. The molecule has 192 valence electrons. The smallest absolute Gasteiger partial charge is 0.345 e. The molecule has 0 saturated carbocycles. The van der Waals surface area contributed by atoms with Crippen LogP contribution < -0.4 is 14.9 Å². The third kappa shape index (κ3) is 6.14. The summed E-state index contributed by atoms with van der Waals surface area (Å²) < 4.78 is 11.6. The number of amides is 1. The van der Waals surface area contributed by atoms with E-state index in [0.29, 0.717) is 28.5 Å². The number of rotatable bonds is 8. The zero-order valence-electron chi connectivity index (χ0n) is 20.7. The Hall–Kier alpha value is -4.94. The first-order valence-electron chi connectivity index (χ1n) is 12.2. The maximum absolute atomic E-state index is 13.0. The van der Waals surface area contributed by atoms with Crippen molar-refractivity contribution in [2.45, 2.75) is 6.61 Å². The summed E-state index contributed by atoms with van der Waals surface area (Å²) in [6.07, 6.45) is 1.46. The lowest BCUT2D eigenvalue weighted by atomic mass is 10.0. The van der Waals surface area contributed by atoms with Gasteiger partial charge in [-0.05, 0) is 46.7 Å². The Morgan fingerprint density at radius 1 is 0.744 bits per heavy atom. The fourth-order valence-electron chi connectivity index (χ4n) is 4.01. The molecule has 0 aromatic heterocycles. The number of nitrogens with zero attached hydrogens (tertiary/aromatic N) is 1. The summed E-state index contributed by atoms with van der Waals surface area (Å²) in [5, 5.41) is 6.20. The van der Waals surface area contributed by atoms with E-state index in [4.69, 9.17) is 21.1 Å². The van der Waals surface area contributed by atoms with Gasteiger partial charge >= 0.3 is 5.97 Å². The van der Waals surface area contributed by atoms with Gasteiger partial charge < -0.3 is 9.47 Å². The van der Waals surface area contributed by atoms with Gasteiger partial charge in [0.05, 0.1) is 22.4 Å². The van der Waals surface area contributed by atoms with Crippen LogP contribution in [0.15, 0.2) is 120 Å². The van der Waals surface area contributed by atoms with Crippen LogP contribution in [-0.4, -0.2) is 18.1 Å². The summed E-state index contributed by atoms with van der Waals surface area (Å²) >= 11 is 6.18. The molecule has 1 amide bonds. The van der Waals surface area contributed by atoms with E-state index in [1.165, 1.54) is 6.21 Å². The number of carbonyl (C=O) groups excluding carboxylic acids is 2. The van der Waals surface area contributed by atoms with E-state index in [1.807, 2.05) is 60.7 Å². The molecule has 0 fully saturated rings. The van der Waals surface area contributed by atoms with Crippen LogP contribution in [0.3, 0.4) is 0 Å². The standard InChI is InChI=1S/C32H23ClN2O4/c33-28-16-8-6-14-25(28)32(37)39-30-19-18-23-12-4-5-13-24(23)27(30)20-34-35-31(36)26-15-7-9-17-29(26)38-21-22-10-2-1-3-11-22/h1-20H,21H2,(H,35,36)/b34-20+. The molecule has 7 heteroatoms. The van der Waals surface area contributed by atoms with Gasteiger partial charge in [0.15, 0.2) is 0 Å². The molecular weight excluding hydrogens is 512 g/mol. The second-order valence-electron chi connectivity index (χ2n) is 8.54. The average Bonchev–Trinajstić information content (AvgIpc) is 2.97. The molecule has 5 aromatic rings. The van der Waals surface area contributed by atoms with Gasteiger partial charge in [-0.3, -0.25) is 4.79 Å². The number of para-hydroxylation sites is 1. The minimum atomic E-state index is -0.598. The summed E-state index contributed by atoms with van der Waals surface area (Å²) in [4.78, 5) is 25.9. The average molecular weight is 535 g/mol. The molecule has 5 aromatic carbocycles. The number of carbonyl (C=O) groups is 2. The van der Waals surface area contributed by atoms with Gasteiger partial charge in [0.2, 0.25) is 0 Å². The Kier molecular flexibility index (Phi) is 7.95. The molecule has 0 unspecified atom stereocenters. The highest BCUT2D eigenvalue weighted by Crippen LogP contribution is 2.28. The van der Waals surface area contributed by atoms with E-state index in [0.717, 1.165) is 16.3 Å². The summed E-state index contributed by atoms with van der Waals surface area (Å²) in [6.45, 7) is 0.324. The molecule has 0 spiro atoms. The molecule has 39 heavy (non-hydrogen) atoms. The quantitative estimate of drug-likeness (QED) is 0.100. The number of ether oxygens (including phenoxy) is 2. The van der Waals surface area contributed by atoms with Crippen LogP contribution in [-0.2, 0) is 6.61 Å². The van der Waals surface area contributed by atoms with E-state index in [-0.39, 0.29) is 11.3 Å². The van der Waals surface area contributed by atoms with Crippen LogP contribution in [0.1, 0.15) is 31.8 Å². The zero-order valence-corrected chi connectivity index (χ0v) is 21.5. The Morgan fingerprint density at radius 3 is 2.26 bits per heavy atom. The molecule has 0 heterocycles. The number of fused-ring (bicyclic) bond motifs is 1. The topological polar surface area (TPSA) is 77.0 Å². The molecule has 0 bridgehead atoms. The number of hydrogen-bond acceptors (Lipinski definition) is 5. The Balaban J connectivity index is 1.37. The van der Waals surface area contributed by atoms with Gasteiger partial charge in [-0.25, -0.2) is 10.2 Å². The third-order valence-electron chi connectivity index (χ3n) is 5.96. The van der Waals surface area contributed by atoms with Crippen molar-refractivity contribution in [2.75, 3.05) is 0 Å². The van der Waals surface area contributed by atoms with Crippen molar-refractivity contribution < 1.29 is 19.1 Å². The summed E-state index contributed by atoms with van der Waals surface area (Å²) in [5.74, 6) is -0.319. The third-order valence-corrected chi connectivity index (χ3v) is 6.29. The maximum Gasteiger partial charge on any atom is 0.345 e. The second kappa shape index (κ2) is 12.1. The van der Waals surface area contributed by atoms with Crippen molar-refractivity contribution in [1.82, 2.24) is 5.43 Å². The van der Waals surface area contributed by atoms with Crippen LogP contribution in [0.4, 0.5) is 0 Å². The van der Waals surface area contributed by atoms with Crippen molar-refractivity contribution in [2.24, 2.45) is 5.10 Å². The van der Waals surface area contributed by atoms with Crippen LogP contribution in [0.2, 0.25) is 5.02 Å². The number of hydrogen-bond donors (Lipinski definition) is 1. The van der Waals surface area contributed by atoms with E-state index in [9.17, 15) is 9.59 Å². The van der Waals surface area contributed by atoms with Gasteiger partial charge in [-0.1, -0.05) is 96.5 Å². The highest BCUT2D eigenvalue weighted by molar-refractivity contribution is 6.33. The van der Waals surface area contributed by atoms with E-state index >= 15 is 0 Å². The molecule has 0 aliphatic carbocycles. The highest BCUT2D eigenvalue weighted by atomic mass is 35.5. The van der Waals surface area contributed by atoms with Gasteiger partial charge in [-0.15, -0.1) is 0 Å². The monoisotopic (exact) mass is 534 g/mol. The van der Waals surface area contributed by atoms with Crippen LogP contribution in [0.5, 0.6) is 11.5 Å². The Morgan fingerprint density at radius 2 is 1.44 bits per heavy atom. The fraction of sp³-hybridized carbons (Fsp3) is 0.0312. The largest absolute Gasteiger partial charge is 0.488 e. The molecule has 0 aliphatic rings. The van der Waals surface area contributed by atoms with Gasteiger partial charge in [0, 0.05) is 5.56 Å². The number of esters is 1. The minimum absolute atomic E-state index is 0.246. The van der Waals surface area contributed by atoms with Crippen LogP contribution >= 0.6 is 11.6 Å². The van der Waals surface area contributed by atoms with Crippen LogP contribution in [0.25, 0.3) is 10.8 Å². The fourth-order valence-corrected chi connectivity index (χ4v) is 4.22. The number of hydrazone groups is 1. The molecular formula is C32H23ClN2O4. The van der Waals surface area contributed by atoms with Crippen molar-refractivity contribution in [1.29, 1.82) is 0 Å². The van der Waals surface area contributed by atoms with E-state index in [2.05, 4.69) is 10.5 Å². The van der Waals surface area contributed by atoms with Gasteiger partial charge in [-0.2, -0.15) is 5.10 Å². The Labute approximate surface area is 230 Å². The molecule has 0 atom stereocenters. The van der Waals surface area contributed by atoms with Gasteiger partial charge in [0.25, 0.3) is 5.91 Å². The van der Waals surface area contributed by atoms with Crippen molar-refractivity contribution in [3.63, 3.8) is 0 Å². The van der Waals surface area contributed by atoms with E-state index in [1.54, 1.807) is 54.6 Å². The lowest BCUT2D eigenvalue weighted by Gasteiger charge is -2.12. The van der Waals surface area contributed by atoms with Crippen molar-refractivity contribution in [3.8, 4) is 11.5 Å². The number of halogens is 1. The second-order valence-corrected chi connectivity index (χ2v) is 8.94. The predicted molar refractivity (Wildman–Crippen MR) is 153 cm³/mol. The highest BCUT2D eigenvalue weighted by Gasteiger charge is 2.16. The normalized spacial score (nSPS) is 10.9.